The number of fused-ring (bicyclic) bond motifs is 2. The van der Waals surface area contributed by atoms with Crippen molar-refractivity contribution < 1.29 is 9.32 Å². The fourth-order valence-corrected chi connectivity index (χ4v) is 3.06. The largest absolute Gasteiger partial charge is 0.355 e. The SMILES string of the molecule is O=C(NC1CCC1)c1noc2cc(Nc3n[nH]c4cccnc34)ccc12. The third-order valence-corrected chi connectivity index (χ3v) is 4.71. The maximum absolute atomic E-state index is 12.3. The fourth-order valence-electron chi connectivity index (χ4n) is 3.06. The molecule has 0 unspecified atom stereocenters. The predicted molar refractivity (Wildman–Crippen MR) is 96.3 cm³/mol. The van der Waals surface area contributed by atoms with Gasteiger partial charge in [-0.15, -0.1) is 0 Å². The molecule has 0 radical (unpaired) electrons. The summed E-state index contributed by atoms with van der Waals surface area (Å²) >= 11 is 0. The summed E-state index contributed by atoms with van der Waals surface area (Å²) < 4.78 is 5.36. The molecule has 5 rings (SSSR count). The van der Waals surface area contributed by atoms with E-state index in [0.717, 1.165) is 36.0 Å². The first-order valence-corrected chi connectivity index (χ1v) is 8.54. The minimum Gasteiger partial charge on any atom is -0.355 e. The predicted octanol–water partition coefficient (Wildman–Crippen LogP) is 3.13. The van der Waals surface area contributed by atoms with Gasteiger partial charge in [-0.25, -0.2) is 0 Å². The summed E-state index contributed by atoms with van der Waals surface area (Å²) in [5.41, 5.74) is 3.25. The number of aromatic amines is 1. The van der Waals surface area contributed by atoms with Crippen LogP contribution in [0.4, 0.5) is 11.5 Å². The molecule has 1 aromatic carbocycles. The Morgan fingerprint density at radius 2 is 2.19 bits per heavy atom. The molecule has 1 aliphatic rings. The van der Waals surface area contributed by atoms with Gasteiger partial charge in [0.15, 0.2) is 17.1 Å². The Kier molecular flexibility index (Phi) is 3.34. The summed E-state index contributed by atoms with van der Waals surface area (Å²) in [6, 6.07) is 9.51. The first-order valence-electron chi connectivity index (χ1n) is 8.54. The van der Waals surface area contributed by atoms with E-state index in [9.17, 15) is 4.79 Å². The van der Waals surface area contributed by atoms with Crippen LogP contribution in [0.5, 0.6) is 0 Å². The number of hydrogen-bond donors (Lipinski definition) is 3. The third-order valence-electron chi connectivity index (χ3n) is 4.71. The van der Waals surface area contributed by atoms with Crippen LogP contribution in [-0.2, 0) is 0 Å². The average molecular weight is 348 g/mol. The molecule has 0 bridgehead atoms. The van der Waals surface area contributed by atoms with Gasteiger partial charge in [0.05, 0.1) is 10.9 Å². The lowest BCUT2D eigenvalue weighted by Gasteiger charge is -2.25. The van der Waals surface area contributed by atoms with Gasteiger partial charge in [-0.2, -0.15) is 5.10 Å². The molecule has 0 spiro atoms. The minimum atomic E-state index is -0.184. The number of H-pyrrole nitrogens is 1. The summed E-state index contributed by atoms with van der Waals surface area (Å²) in [5.74, 6) is 0.444. The molecule has 130 valence electrons. The van der Waals surface area contributed by atoms with E-state index in [1.165, 1.54) is 0 Å². The Morgan fingerprint density at radius 3 is 3.04 bits per heavy atom. The molecule has 0 saturated heterocycles. The monoisotopic (exact) mass is 348 g/mol. The topological polar surface area (TPSA) is 109 Å². The van der Waals surface area contributed by atoms with Crippen molar-refractivity contribution in [2.24, 2.45) is 0 Å². The zero-order valence-corrected chi connectivity index (χ0v) is 13.8. The van der Waals surface area contributed by atoms with Gasteiger partial charge < -0.3 is 15.2 Å². The summed E-state index contributed by atoms with van der Waals surface area (Å²) in [5, 5.41) is 18.0. The maximum atomic E-state index is 12.3. The number of nitrogens with one attached hydrogen (secondary N) is 3. The van der Waals surface area contributed by atoms with Gasteiger partial charge in [0.25, 0.3) is 5.91 Å². The van der Waals surface area contributed by atoms with Crippen LogP contribution in [0.3, 0.4) is 0 Å². The lowest BCUT2D eigenvalue weighted by Crippen LogP contribution is -2.39. The van der Waals surface area contributed by atoms with Crippen LogP contribution < -0.4 is 10.6 Å². The molecule has 1 saturated carbocycles. The molecule has 3 heterocycles. The first-order chi connectivity index (χ1) is 12.8. The van der Waals surface area contributed by atoms with Crippen LogP contribution in [-0.4, -0.2) is 32.3 Å². The molecule has 3 aromatic heterocycles. The molecule has 1 aliphatic carbocycles. The fraction of sp³-hybridized carbons (Fsp3) is 0.222. The van der Waals surface area contributed by atoms with Gasteiger partial charge in [-0.05, 0) is 43.5 Å². The van der Waals surface area contributed by atoms with Crippen molar-refractivity contribution in [3.8, 4) is 0 Å². The third kappa shape index (κ3) is 2.46. The number of carbonyl (C=O) groups is 1. The Balaban J connectivity index is 1.42. The van der Waals surface area contributed by atoms with E-state index in [1.54, 1.807) is 12.3 Å². The Hall–Kier alpha value is -3.42. The molecule has 26 heavy (non-hydrogen) atoms. The second kappa shape index (κ2) is 5.83. The highest BCUT2D eigenvalue weighted by Gasteiger charge is 2.23. The number of rotatable bonds is 4. The van der Waals surface area contributed by atoms with E-state index in [-0.39, 0.29) is 11.9 Å². The van der Waals surface area contributed by atoms with E-state index in [2.05, 4.69) is 31.0 Å². The summed E-state index contributed by atoms with van der Waals surface area (Å²) in [6.07, 6.45) is 4.94. The van der Waals surface area contributed by atoms with Crippen molar-refractivity contribution in [3.05, 3.63) is 42.2 Å². The minimum absolute atomic E-state index is 0.184. The summed E-state index contributed by atoms with van der Waals surface area (Å²) in [7, 11) is 0. The zero-order chi connectivity index (χ0) is 17.5. The van der Waals surface area contributed by atoms with Crippen LogP contribution in [0.15, 0.2) is 41.1 Å². The quantitative estimate of drug-likeness (QED) is 0.523. The summed E-state index contributed by atoms with van der Waals surface area (Å²) in [4.78, 5) is 16.7. The van der Waals surface area contributed by atoms with E-state index in [4.69, 9.17) is 4.52 Å². The Labute approximate surface area is 148 Å². The smallest absolute Gasteiger partial charge is 0.274 e. The number of nitrogens with zero attached hydrogens (tertiary/aromatic N) is 3. The molecule has 1 amide bonds. The lowest BCUT2D eigenvalue weighted by atomic mass is 9.93. The van der Waals surface area contributed by atoms with E-state index in [0.29, 0.717) is 22.5 Å². The van der Waals surface area contributed by atoms with Crippen molar-refractivity contribution in [1.29, 1.82) is 0 Å². The normalized spacial score (nSPS) is 14.5. The number of pyridine rings is 1. The number of aromatic nitrogens is 4. The first kappa shape index (κ1) is 14.9. The van der Waals surface area contributed by atoms with Gasteiger partial charge in [0.1, 0.15) is 5.52 Å². The number of benzene rings is 1. The van der Waals surface area contributed by atoms with Gasteiger partial charge in [-0.3, -0.25) is 14.9 Å². The number of carbonyl (C=O) groups excluding carboxylic acids is 1. The molecule has 8 nitrogen and oxygen atoms in total. The molecule has 1 fully saturated rings. The molecule has 0 atom stereocenters. The van der Waals surface area contributed by atoms with Gasteiger partial charge in [0.2, 0.25) is 0 Å². The number of amides is 1. The maximum Gasteiger partial charge on any atom is 0.274 e. The molecular weight excluding hydrogens is 332 g/mol. The second-order valence-electron chi connectivity index (χ2n) is 6.44. The molecular formula is C18H16N6O2. The Bertz CT molecular complexity index is 1110. The van der Waals surface area contributed by atoms with Crippen molar-refractivity contribution in [2.45, 2.75) is 25.3 Å². The zero-order valence-electron chi connectivity index (χ0n) is 13.8. The van der Waals surface area contributed by atoms with Crippen molar-refractivity contribution in [3.63, 3.8) is 0 Å². The van der Waals surface area contributed by atoms with Crippen LogP contribution in [0, 0.1) is 0 Å². The number of hydrogen-bond acceptors (Lipinski definition) is 6. The standard InChI is InChI=1S/C18H16N6O2/c25-18(21-10-3-1-4-10)15-12-7-6-11(9-14(12)26-24-15)20-17-16-13(22-23-17)5-2-8-19-16/h2,5-10H,1,3-4H2,(H,21,25)(H2,20,22,23). The second-order valence-corrected chi connectivity index (χ2v) is 6.44. The number of anilines is 2. The summed E-state index contributed by atoms with van der Waals surface area (Å²) in [6.45, 7) is 0. The van der Waals surface area contributed by atoms with Crippen LogP contribution >= 0.6 is 0 Å². The average Bonchev–Trinajstić information content (AvgIpc) is 3.22. The highest BCUT2D eigenvalue weighted by molar-refractivity contribution is 6.04. The van der Waals surface area contributed by atoms with E-state index in [1.807, 2.05) is 24.3 Å². The highest BCUT2D eigenvalue weighted by Crippen LogP contribution is 2.27. The van der Waals surface area contributed by atoms with Gasteiger partial charge in [-0.1, -0.05) is 5.16 Å². The molecule has 3 N–H and O–H groups in total. The van der Waals surface area contributed by atoms with Crippen LogP contribution in [0.1, 0.15) is 29.8 Å². The molecule has 0 aliphatic heterocycles. The highest BCUT2D eigenvalue weighted by atomic mass is 16.5. The Morgan fingerprint density at radius 1 is 1.27 bits per heavy atom. The van der Waals surface area contributed by atoms with Crippen LogP contribution in [0.2, 0.25) is 0 Å². The molecule has 8 heteroatoms. The van der Waals surface area contributed by atoms with E-state index >= 15 is 0 Å². The van der Waals surface area contributed by atoms with Crippen molar-refractivity contribution in [1.82, 2.24) is 25.7 Å². The molecule has 4 aromatic rings. The van der Waals surface area contributed by atoms with Crippen molar-refractivity contribution in [2.75, 3.05) is 5.32 Å². The van der Waals surface area contributed by atoms with Gasteiger partial charge >= 0.3 is 0 Å². The lowest BCUT2D eigenvalue weighted by molar-refractivity contribution is 0.0909. The van der Waals surface area contributed by atoms with Crippen LogP contribution in [0.25, 0.3) is 22.0 Å². The van der Waals surface area contributed by atoms with E-state index < -0.39 is 0 Å². The van der Waals surface area contributed by atoms with Gasteiger partial charge in [0, 0.05) is 24.0 Å². The van der Waals surface area contributed by atoms with Crippen molar-refractivity contribution >= 4 is 39.4 Å².